The number of phenols is 1. The summed E-state index contributed by atoms with van der Waals surface area (Å²) in [5, 5.41) is 10.8. The van der Waals surface area contributed by atoms with E-state index in [9.17, 15) is 9.90 Å². The van der Waals surface area contributed by atoms with Crippen molar-refractivity contribution < 1.29 is 9.90 Å². The van der Waals surface area contributed by atoms with Crippen LogP contribution in [0.3, 0.4) is 0 Å². The molecule has 0 unspecified atom stereocenters. The van der Waals surface area contributed by atoms with Crippen molar-refractivity contribution in [3.63, 3.8) is 0 Å². The molecule has 0 aliphatic carbocycles. The van der Waals surface area contributed by atoms with E-state index in [0.29, 0.717) is 12.1 Å². The number of rotatable bonds is 4. The summed E-state index contributed by atoms with van der Waals surface area (Å²) in [4.78, 5) is 20.0. The first-order valence-corrected chi connectivity index (χ1v) is 6.89. The van der Waals surface area contributed by atoms with E-state index in [4.69, 9.17) is 0 Å². The highest BCUT2D eigenvalue weighted by molar-refractivity contribution is 5.84. The molecule has 112 valence electrons. The van der Waals surface area contributed by atoms with Gasteiger partial charge in [0, 0.05) is 26.0 Å². The summed E-state index contributed by atoms with van der Waals surface area (Å²) in [6.07, 6.45) is 0. The lowest BCUT2D eigenvalue weighted by Gasteiger charge is -2.26. The third-order valence-corrected chi connectivity index (χ3v) is 3.63. The van der Waals surface area contributed by atoms with Crippen molar-refractivity contribution in [2.75, 3.05) is 21.1 Å². The summed E-state index contributed by atoms with van der Waals surface area (Å²) in [6, 6.07) is 8.97. The van der Waals surface area contributed by atoms with E-state index >= 15 is 0 Å². The molecule has 1 heterocycles. The lowest BCUT2D eigenvalue weighted by Crippen LogP contribution is -2.42. The van der Waals surface area contributed by atoms with E-state index in [1.54, 1.807) is 31.1 Å². The molecule has 0 spiro atoms. The fourth-order valence-corrected chi connectivity index (χ4v) is 2.21. The monoisotopic (exact) mass is 287 g/mol. The SMILES string of the molecule is C[C@@H](C(=O)N(C)C)N(C)Cc1ccc2cccc(O)c2n1. The Morgan fingerprint density at radius 2 is 1.95 bits per heavy atom. The van der Waals surface area contributed by atoms with Crippen LogP contribution in [-0.4, -0.2) is 53.0 Å². The first kappa shape index (κ1) is 15.3. The summed E-state index contributed by atoms with van der Waals surface area (Å²) in [6.45, 7) is 2.42. The van der Waals surface area contributed by atoms with Gasteiger partial charge >= 0.3 is 0 Å². The second kappa shape index (κ2) is 6.10. The molecule has 2 aromatic rings. The van der Waals surface area contributed by atoms with Gasteiger partial charge in [-0.3, -0.25) is 9.69 Å². The van der Waals surface area contributed by atoms with Gasteiger partial charge in [-0.05, 0) is 26.1 Å². The lowest BCUT2D eigenvalue weighted by molar-refractivity contribution is -0.133. The smallest absolute Gasteiger partial charge is 0.239 e. The molecule has 0 aliphatic heterocycles. The summed E-state index contributed by atoms with van der Waals surface area (Å²) in [7, 11) is 5.39. The number of aromatic hydroxyl groups is 1. The second-order valence-electron chi connectivity index (χ2n) is 5.48. The molecule has 1 amide bonds. The maximum atomic E-state index is 12.0. The Morgan fingerprint density at radius 3 is 2.62 bits per heavy atom. The van der Waals surface area contributed by atoms with E-state index < -0.39 is 0 Å². The molecule has 1 aromatic carbocycles. The summed E-state index contributed by atoms with van der Waals surface area (Å²) >= 11 is 0. The maximum Gasteiger partial charge on any atom is 0.239 e. The number of amides is 1. The van der Waals surface area contributed by atoms with Crippen molar-refractivity contribution in [1.29, 1.82) is 0 Å². The van der Waals surface area contributed by atoms with Crippen LogP contribution in [0, 0.1) is 0 Å². The molecule has 1 aromatic heterocycles. The van der Waals surface area contributed by atoms with Gasteiger partial charge in [0.2, 0.25) is 5.91 Å². The van der Waals surface area contributed by atoms with Crippen LogP contribution in [-0.2, 0) is 11.3 Å². The fraction of sp³-hybridized carbons (Fsp3) is 0.375. The van der Waals surface area contributed by atoms with Gasteiger partial charge in [0.25, 0.3) is 0 Å². The molecule has 0 aliphatic rings. The highest BCUT2D eigenvalue weighted by Gasteiger charge is 2.20. The van der Waals surface area contributed by atoms with Crippen LogP contribution in [0.5, 0.6) is 5.75 Å². The fourth-order valence-electron chi connectivity index (χ4n) is 2.21. The topological polar surface area (TPSA) is 56.7 Å². The number of aromatic nitrogens is 1. The molecular weight excluding hydrogens is 266 g/mol. The first-order valence-electron chi connectivity index (χ1n) is 6.89. The number of para-hydroxylation sites is 1. The zero-order chi connectivity index (χ0) is 15.6. The minimum Gasteiger partial charge on any atom is -0.506 e. The van der Waals surface area contributed by atoms with Crippen LogP contribution in [0.1, 0.15) is 12.6 Å². The third-order valence-electron chi connectivity index (χ3n) is 3.63. The molecule has 0 saturated heterocycles. The van der Waals surface area contributed by atoms with Gasteiger partial charge in [-0.25, -0.2) is 4.98 Å². The van der Waals surface area contributed by atoms with Gasteiger partial charge in [0.15, 0.2) is 0 Å². The number of benzene rings is 1. The van der Waals surface area contributed by atoms with Gasteiger partial charge in [0.05, 0.1) is 11.7 Å². The number of nitrogens with zero attached hydrogens (tertiary/aromatic N) is 3. The van der Waals surface area contributed by atoms with Crippen LogP contribution in [0.25, 0.3) is 10.9 Å². The number of pyridine rings is 1. The average molecular weight is 287 g/mol. The average Bonchev–Trinajstić information content (AvgIpc) is 2.46. The largest absolute Gasteiger partial charge is 0.506 e. The molecule has 0 saturated carbocycles. The number of carbonyl (C=O) groups excluding carboxylic acids is 1. The highest BCUT2D eigenvalue weighted by atomic mass is 16.3. The van der Waals surface area contributed by atoms with E-state index in [-0.39, 0.29) is 17.7 Å². The molecule has 21 heavy (non-hydrogen) atoms. The molecule has 0 fully saturated rings. The highest BCUT2D eigenvalue weighted by Crippen LogP contribution is 2.22. The molecule has 5 nitrogen and oxygen atoms in total. The van der Waals surface area contributed by atoms with Crippen molar-refractivity contribution in [3.05, 3.63) is 36.0 Å². The Hall–Kier alpha value is -2.14. The van der Waals surface area contributed by atoms with Crippen LogP contribution in [0.2, 0.25) is 0 Å². The minimum absolute atomic E-state index is 0.0566. The summed E-state index contributed by atoms with van der Waals surface area (Å²) in [5.41, 5.74) is 1.42. The molecule has 1 atom stereocenters. The zero-order valence-corrected chi connectivity index (χ0v) is 12.9. The normalized spacial score (nSPS) is 12.6. The van der Waals surface area contributed by atoms with Gasteiger partial charge in [-0.2, -0.15) is 0 Å². The number of phenolic OH excluding ortho intramolecular Hbond substituents is 1. The zero-order valence-electron chi connectivity index (χ0n) is 12.9. The second-order valence-corrected chi connectivity index (χ2v) is 5.48. The van der Waals surface area contributed by atoms with Crippen LogP contribution < -0.4 is 0 Å². The van der Waals surface area contributed by atoms with E-state index in [0.717, 1.165) is 11.1 Å². The van der Waals surface area contributed by atoms with Gasteiger partial charge < -0.3 is 10.0 Å². The minimum atomic E-state index is -0.220. The number of carbonyl (C=O) groups is 1. The van der Waals surface area contributed by atoms with Crippen molar-refractivity contribution in [2.45, 2.75) is 19.5 Å². The Balaban J connectivity index is 2.20. The molecule has 0 radical (unpaired) electrons. The summed E-state index contributed by atoms with van der Waals surface area (Å²) in [5.74, 6) is 0.232. The first-order chi connectivity index (χ1) is 9.90. The predicted octanol–water partition coefficient (Wildman–Crippen LogP) is 1.85. The quantitative estimate of drug-likeness (QED) is 0.932. The number of hydrogen-bond donors (Lipinski definition) is 1. The van der Waals surface area contributed by atoms with Crippen LogP contribution >= 0.6 is 0 Å². The Kier molecular flexibility index (Phi) is 4.43. The van der Waals surface area contributed by atoms with Gasteiger partial charge in [-0.1, -0.05) is 18.2 Å². The van der Waals surface area contributed by atoms with E-state index in [1.165, 1.54) is 0 Å². The van der Waals surface area contributed by atoms with Crippen molar-refractivity contribution in [1.82, 2.24) is 14.8 Å². The van der Waals surface area contributed by atoms with Crippen molar-refractivity contribution in [2.24, 2.45) is 0 Å². The molecule has 0 bridgehead atoms. The molecular formula is C16H21N3O2. The van der Waals surface area contributed by atoms with Crippen molar-refractivity contribution in [3.8, 4) is 5.75 Å². The third kappa shape index (κ3) is 3.31. The number of fused-ring (bicyclic) bond motifs is 1. The van der Waals surface area contributed by atoms with Crippen LogP contribution in [0.15, 0.2) is 30.3 Å². The molecule has 2 rings (SSSR count). The Bertz CT molecular complexity index is 655. The predicted molar refractivity (Wildman–Crippen MR) is 83.0 cm³/mol. The van der Waals surface area contributed by atoms with Crippen LogP contribution in [0.4, 0.5) is 0 Å². The Morgan fingerprint density at radius 1 is 1.24 bits per heavy atom. The van der Waals surface area contributed by atoms with Crippen molar-refractivity contribution >= 4 is 16.8 Å². The standard InChI is InChI=1S/C16H21N3O2/c1-11(16(21)18(2)3)19(4)10-13-9-8-12-6-5-7-14(20)15(12)17-13/h5-9,11,20H,10H2,1-4H3/t11-/m0/s1. The summed E-state index contributed by atoms with van der Waals surface area (Å²) < 4.78 is 0. The number of likely N-dealkylation sites (N-methyl/N-ethyl adjacent to an activating group) is 2. The molecule has 1 N–H and O–H groups in total. The van der Waals surface area contributed by atoms with Gasteiger partial charge in [0.1, 0.15) is 11.3 Å². The number of hydrogen-bond acceptors (Lipinski definition) is 4. The van der Waals surface area contributed by atoms with Gasteiger partial charge in [-0.15, -0.1) is 0 Å². The van der Waals surface area contributed by atoms with E-state index in [1.807, 2.05) is 37.1 Å². The molecule has 5 heteroatoms. The maximum absolute atomic E-state index is 12.0. The Labute approximate surface area is 124 Å². The lowest BCUT2D eigenvalue weighted by atomic mass is 10.1. The van der Waals surface area contributed by atoms with E-state index in [2.05, 4.69) is 4.98 Å².